The summed E-state index contributed by atoms with van der Waals surface area (Å²) >= 11 is 1.86. The van der Waals surface area contributed by atoms with Crippen LogP contribution in [-0.2, 0) is 6.42 Å². The van der Waals surface area contributed by atoms with Gasteiger partial charge in [0.15, 0.2) is 0 Å². The molecule has 84 valence electrons. The standard InChI is InChI=1S/C12H20N2S/c1-8-9(2)15-12(14-8)6-10-4-3-5-11(10)7-13/h10-11H,3-7,13H2,1-2H3. The zero-order chi connectivity index (χ0) is 10.8. The summed E-state index contributed by atoms with van der Waals surface area (Å²) in [5.74, 6) is 1.54. The number of thiazole rings is 1. The van der Waals surface area contributed by atoms with E-state index < -0.39 is 0 Å². The van der Waals surface area contributed by atoms with Crippen molar-refractivity contribution in [2.75, 3.05) is 6.54 Å². The molecule has 0 aromatic carbocycles. The lowest BCUT2D eigenvalue weighted by atomic mass is 9.93. The molecule has 1 fully saturated rings. The average molecular weight is 224 g/mol. The van der Waals surface area contributed by atoms with E-state index in [0.29, 0.717) is 0 Å². The van der Waals surface area contributed by atoms with Gasteiger partial charge in [0.2, 0.25) is 0 Å². The van der Waals surface area contributed by atoms with Crippen LogP contribution in [0.2, 0.25) is 0 Å². The smallest absolute Gasteiger partial charge is 0.0933 e. The van der Waals surface area contributed by atoms with Gasteiger partial charge in [-0.3, -0.25) is 0 Å². The first-order chi connectivity index (χ1) is 7.20. The number of aryl methyl sites for hydroxylation is 2. The van der Waals surface area contributed by atoms with E-state index in [-0.39, 0.29) is 0 Å². The molecule has 0 radical (unpaired) electrons. The summed E-state index contributed by atoms with van der Waals surface area (Å²) in [5.41, 5.74) is 7.00. The topological polar surface area (TPSA) is 38.9 Å². The first-order valence-electron chi connectivity index (χ1n) is 5.83. The Bertz CT molecular complexity index is 313. The molecular formula is C12H20N2S. The summed E-state index contributed by atoms with van der Waals surface area (Å²) in [6, 6.07) is 0. The minimum atomic E-state index is 0.745. The highest BCUT2D eigenvalue weighted by molar-refractivity contribution is 7.11. The highest BCUT2D eigenvalue weighted by atomic mass is 32.1. The minimum absolute atomic E-state index is 0.745. The van der Waals surface area contributed by atoms with E-state index in [1.54, 1.807) is 0 Å². The van der Waals surface area contributed by atoms with Crippen LogP contribution < -0.4 is 5.73 Å². The Morgan fingerprint density at radius 1 is 1.33 bits per heavy atom. The fourth-order valence-electron chi connectivity index (χ4n) is 2.54. The quantitative estimate of drug-likeness (QED) is 0.857. The second kappa shape index (κ2) is 4.62. The van der Waals surface area contributed by atoms with Crippen molar-refractivity contribution in [1.29, 1.82) is 0 Å². The van der Waals surface area contributed by atoms with Crippen molar-refractivity contribution in [3.05, 3.63) is 15.6 Å². The second-order valence-corrected chi connectivity index (χ2v) is 5.93. The number of aromatic nitrogens is 1. The normalized spacial score (nSPS) is 26.1. The maximum atomic E-state index is 5.80. The van der Waals surface area contributed by atoms with Crippen molar-refractivity contribution in [3.8, 4) is 0 Å². The molecule has 0 aliphatic heterocycles. The van der Waals surface area contributed by atoms with E-state index in [1.165, 1.54) is 34.8 Å². The molecule has 2 atom stereocenters. The van der Waals surface area contributed by atoms with Crippen molar-refractivity contribution in [2.45, 2.75) is 39.5 Å². The van der Waals surface area contributed by atoms with Gasteiger partial charge in [-0.1, -0.05) is 6.42 Å². The monoisotopic (exact) mass is 224 g/mol. The number of nitrogens with two attached hydrogens (primary N) is 1. The predicted molar refractivity (Wildman–Crippen MR) is 65.2 cm³/mol. The largest absolute Gasteiger partial charge is 0.330 e. The molecule has 2 unspecified atom stereocenters. The Morgan fingerprint density at radius 2 is 2.07 bits per heavy atom. The first-order valence-corrected chi connectivity index (χ1v) is 6.65. The summed E-state index contributed by atoms with van der Waals surface area (Å²) in [6.07, 6.45) is 5.18. The molecule has 1 aromatic heterocycles. The summed E-state index contributed by atoms with van der Waals surface area (Å²) in [6.45, 7) is 5.12. The van der Waals surface area contributed by atoms with Gasteiger partial charge < -0.3 is 5.73 Å². The van der Waals surface area contributed by atoms with Crippen molar-refractivity contribution >= 4 is 11.3 Å². The van der Waals surface area contributed by atoms with Gasteiger partial charge >= 0.3 is 0 Å². The third-order valence-corrected chi connectivity index (χ3v) is 4.72. The predicted octanol–water partition coefficient (Wildman–Crippen LogP) is 2.68. The third kappa shape index (κ3) is 2.40. The molecule has 1 aromatic rings. The molecule has 1 aliphatic rings. The molecule has 15 heavy (non-hydrogen) atoms. The number of rotatable bonds is 3. The van der Waals surface area contributed by atoms with E-state index in [2.05, 4.69) is 18.8 Å². The van der Waals surface area contributed by atoms with Gasteiger partial charge in [0.25, 0.3) is 0 Å². The Kier molecular flexibility index (Phi) is 3.42. The maximum absolute atomic E-state index is 5.80. The van der Waals surface area contributed by atoms with Crippen LogP contribution in [0.3, 0.4) is 0 Å². The van der Waals surface area contributed by atoms with E-state index in [1.807, 2.05) is 11.3 Å². The summed E-state index contributed by atoms with van der Waals surface area (Å²) in [4.78, 5) is 5.99. The molecule has 1 saturated carbocycles. The lowest BCUT2D eigenvalue weighted by Crippen LogP contribution is -2.20. The van der Waals surface area contributed by atoms with E-state index >= 15 is 0 Å². The highest BCUT2D eigenvalue weighted by Gasteiger charge is 2.26. The van der Waals surface area contributed by atoms with Crippen LogP contribution >= 0.6 is 11.3 Å². The van der Waals surface area contributed by atoms with E-state index in [0.717, 1.165) is 24.8 Å². The van der Waals surface area contributed by atoms with Gasteiger partial charge in [0, 0.05) is 11.3 Å². The van der Waals surface area contributed by atoms with Crippen LogP contribution in [0, 0.1) is 25.7 Å². The number of hydrogen-bond donors (Lipinski definition) is 1. The molecule has 0 spiro atoms. The average Bonchev–Trinajstić information content (AvgIpc) is 2.75. The van der Waals surface area contributed by atoms with E-state index in [4.69, 9.17) is 5.73 Å². The van der Waals surface area contributed by atoms with E-state index in [9.17, 15) is 0 Å². The Balaban J connectivity index is 2.02. The molecule has 2 rings (SSSR count). The summed E-state index contributed by atoms with van der Waals surface area (Å²) in [7, 11) is 0. The molecule has 3 heteroatoms. The maximum Gasteiger partial charge on any atom is 0.0933 e. The van der Waals surface area contributed by atoms with Gasteiger partial charge in [-0.25, -0.2) is 4.98 Å². The molecular weight excluding hydrogens is 204 g/mol. The molecule has 0 bridgehead atoms. The second-order valence-electron chi connectivity index (χ2n) is 4.64. The molecule has 2 N–H and O–H groups in total. The van der Waals surface area contributed by atoms with Gasteiger partial charge in [-0.05, 0) is 45.1 Å². The van der Waals surface area contributed by atoms with Crippen molar-refractivity contribution in [2.24, 2.45) is 17.6 Å². The molecule has 1 heterocycles. The van der Waals surface area contributed by atoms with Crippen molar-refractivity contribution < 1.29 is 0 Å². The zero-order valence-corrected chi connectivity index (χ0v) is 10.4. The fraction of sp³-hybridized carbons (Fsp3) is 0.750. The van der Waals surface area contributed by atoms with Crippen molar-refractivity contribution in [1.82, 2.24) is 4.98 Å². The number of nitrogens with zero attached hydrogens (tertiary/aromatic N) is 1. The minimum Gasteiger partial charge on any atom is -0.330 e. The molecule has 0 saturated heterocycles. The zero-order valence-electron chi connectivity index (χ0n) is 9.62. The lowest BCUT2D eigenvalue weighted by Gasteiger charge is -2.15. The van der Waals surface area contributed by atoms with Crippen LogP contribution in [0.4, 0.5) is 0 Å². The Hall–Kier alpha value is -0.410. The van der Waals surface area contributed by atoms with Crippen LogP contribution in [-0.4, -0.2) is 11.5 Å². The van der Waals surface area contributed by atoms with Crippen LogP contribution in [0.5, 0.6) is 0 Å². The van der Waals surface area contributed by atoms with Crippen LogP contribution in [0.1, 0.15) is 34.8 Å². The highest BCUT2D eigenvalue weighted by Crippen LogP contribution is 2.34. The van der Waals surface area contributed by atoms with Gasteiger partial charge in [-0.2, -0.15) is 0 Å². The Morgan fingerprint density at radius 3 is 2.67 bits per heavy atom. The van der Waals surface area contributed by atoms with Gasteiger partial charge in [0.1, 0.15) is 0 Å². The summed E-state index contributed by atoms with van der Waals surface area (Å²) in [5, 5.41) is 1.32. The molecule has 0 amide bonds. The van der Waals surface area contributed by atoms with Crippen LogP contribution in [0.25, 0.3) is 0 Å². The third-order valence-electron chi connectivity index (χ3n) is 3.63. The number of hydrogen-bond acceptors (Lipinski definition) is 3. The van der Waals surface area contributed by atoms with Crippen LogP contribution in [0.15, 0.2) is 0 Å². The Labute approximate surface area is 95.9 Å². The molecule has 1 aliphatic carbocycles. The van der Waals surface area contributed by atoms with Gasteiger partial charge in [-0.15, -0.1) is 11.3 Å². The lowest BCUT2D eigenvalue weighted by molar-refractivity contribution is 0.394. The van der Waals surface area contributed by atoms with Gasteiger partial charge in [0.05, 0.1) is 10.7 Å². The first kappa shape index (κ1) is 11.1. The summed E-state index contributed by atoms with van der Waals surface area (Å²) < 4.78 is 0. The molecule has 2 nitrogen and oxygen atoms in total. The fourth-order valence-corrected chi connectivity index (χ4v) is 3.57. The SMILES string of the molecule is Cc1nc(CC2CCCC2CN)sc1C. The van der Waals surface area contributed by atoms with Crippen molar-refractivity contribution in [3.63, 3.8) is 0 Å².